The third-order valence-corrected chi connectivity index (χ3v) is 6.41. The lowest BCUT2D eigenvalue weighted by atomic mass is 9.99. The van der Waals surface area contributed by atoms with Crippen LogP contribution < -0.4 is 10.6 Å². The monoisotopic (exact) mass is 388 g/mol. The number of primary amides is 1. The van der Waals surface area contributed by atoms with Crippen molar-refractivity contribution in [1.29, 1.82) is 5.26 Å². The van der Waals surface area contributed by atoms with Gasteiger partial charge in [-0.2, -0.15) is 5.26 Å². The van der Waals surface area contributed by atoms with E-state index < -0.39 is 0 Å². The molecule has 1 aliphatic heterocycles. The van der Waals surface area contributed by atoms with Crippen molar-refractivity contribution in [3.05, 3.63) is 54.1 Å². The molecule has 1 saturated heterocycles. The van der Waals surface area contributed by atoms with E-state index in [2.05, 4.69) is 11.0 Å². The number of nitrogens with two attached hydrogens (primary N) is 1. The number of hydrogen-bond acceptors (Lipinski definition) is 3. The molecule has 0 bridgehead atoms. The largest absolute Gasteiger partial charge is 0.351 e. The van der Waals surface area contributed by atoms with Gasteiger partial charge < -0.3 is 10.6 Å². The Hall–Kier alpha value is -2.84. The van der Waals surface area contributed by atoms with Crippen LogP contribution in [-0.4, -0.2) is 36.1 Å². The summed E-state index contributed by atoms with van der Waals surface area (Å²) in [4.78, 5) is 16.6. The first-order valence-corrected chi connectivity index (χ1v) is 10.6. The molecule has 2 aromatic carbocycles. The molecule has 5 nitrogen and oxygen atoms in total. The molecule has 2 amide bonds. The number of nitriles is 1. The van der Waals surface area contributed by atoms with Gasteiger partial charge in [-0.3, -0.25) is 4.90 Å². The quantitative estimate of drug-likeness (QED) is 0.837. The SMILES string of the molecule is N#Cc1cccc(-c2ccc(N(C(N)=O)C3CCN(C4CCCC4)CC3)cc2)c1. The van der Waals surface area contributed by atoms with Gasteiger partial charge in [0.15, 0.2) is 0 Å². The van der Waals surface area contributed by atoms with E-state index in [1.807, 2.05) is 42.5 Å². The van der Waals surface area contributed by atoms with E-state index in [1.165, 1.54) is 25.7 Å². The van der Waals surface area contributed by atoms with Gasteiger partial charge in [-0.1, -0.05) is 37.1 Å². The van der Waals surface area contributed by atoms with Crippen molar-refractivity contribution < 1.29 is 4.79 Å². The standard InChI is InChI=1S/C24H28N4O/c25-17-18-4-3-5-20(16-18)19-8-10-22(11-9-19)28(24(26)29)23-12-14-27(15-13-23)21-6-1-2-7-21/h3-5,8-11,16,21,23H,1-2,6-7,12-15H2,(H2,26,29). The van der Waals surface area contributed by atoms with Gasteiger partial charge in [-0.25, -0.2) is 4.79 Å². The third-order valence-electron chi connectivity index (χ3n) is 6.41. The van der Waals surface area contributed by atoms with Gasteiger partial charge in [0.2, 0.25) is 0 Å². The van der Waals surface area contributed by atoms with Crippen LogP contribution in [0.25, 0.3) is 11.1 Å². The number of benzene rings is 2. The lowest BCUT2D eigenvalue weighted by Crippen LogP contribution is -2.51. The number of piperidine rings is 1. The van der Waals surface area contributed by atoms with Gasteiger partial charge in [0, 0.05) is 30.9 Å². The van der Waals surface area contributed by atoms with Gasteiger partial charge >= 0.3 is 6.03 Å². The van der Waals surface area contributed by atoms with E-state index >= 15 is 0 Å². The van der Waals surface area contributed by atoms with E-state index in [0.29, 0.717) is 5.56 Å². The zero-order valence-corrected chi connectivity index (χ0v) is 16.8. The van der Waals surface area contributed by atoms with Gasteiger partial charge in [-0.15, -0.1) is 0 Å². The van der Waals surface area contributed by atoms with Gasteiger partial charge in [0.1, 0.15) is 0 Å². The molecule has 29 heavy (non-hydrogen) atoms. The minimum atomic E-state index is -0.386. The lowest BCUT2D eigenvalue weighted by molar-refractivity contribution is 0.153. The van der Waals surface area contributed by atoms with Crippen molar-refractivity contribution in [2.45, 2.75) is 50.6 Å². The van der Waals surface area contributed by atoms with Crippen molar-refractivity contribution in [3.8, 4) is 17.2 Å². The molecule has 2 fully saturated rings. The number of anilines is 1. The zero-order valence-electron chi connectivity index (χ0n) is 16.8. The van der Waals surface area contributed by atoms with Crippen molar-refractivity contribution in [3.63, 3.8) is 0 Å². The Kier molecular flexibility index (Phi) is 5.82. The second-order valence-electron chi connectivity index (χ2n) is 8.15. The van der Waals surface area contributed by atoms with Crippen LogP contribution in [0, 0.1) is 11.3 Å². The molecule has 5 heteroatoms. The van der Waals surface area contributed by atoms with Crippen LogP contribution in [-0.2, 0) is 0 Å². The first kappa shape index (κ1) is 19.5. The number of rotatable bonds is 4. The Morgan fingerprint density at radius 1 is 1.00 bits per heavy atom. The molecular formula is C24H28N4O. The van der Waals surface area contributed by atoms with Crippen molar-refractivity contribution in [1.82, 2.24) is 4.90 Å². The smallest absolute Gasteiger partial charge is 0.319 e. The summed E-state index contributed by atoms with van der Waals surface area (Å²) in [5.41, 5.74) is 9.28. The number of urea groups is 1. The normalized spacial score (nSPS) is 18.4. The Morgan fingerprint density at radius 3 is 2.31 bits per heavy atom. The highest BCUT2D eigenvalue weighted by molar-refractivity contribution is 5.91. The number of likely N-dealkylation sites (tertiary alicyclic amines) is 1. The summed E-state index contributed by atoms with van der Waals surface area (Å²) < 4.78 is 0. The predicted octanol–water partition coefficient (Wildman–Crippen LogP) is 4.52. The second-order valence-corrected chi connectivity index (χ2v) is 8.15. The average molecular weight is 389 g/mol. The zero-order chi connectivity index (χ0) is 20.2. The second kappa shape index (κ2) is 8.67. The van der Waals surface area contributed by atoms with Gasteiger partial charge in [0.05, 0.1) is 11.6 Å². The number of hydrogen-bond donors (Lipinski definition) is 1. The highest BCUT2D eigenvalue weighted by Gasteiger charge is 2.31. The first-order chi connectivity index (χ1) is 14.2. The molecule has 4 rings (SSSR count). The number of carbonyl (C=O) groups excluding carboxylic acids is 1. The summed E-state index contributed by atoms with van der Waals surface area (Å²) in [5.74, 6) is 0. The summed E-state index contributed by atoms with van der Waals surface area (Å²) in [6.07, 6.45) is 7.26. The fourth-order valence-corrected chi connectivity index (χ4v) is 4.88. The fourth-order valence-electron chi connectivity index (χ4n) is 4.88. The minimum absolute atomic E-state index is 0.151. The molecule has 1 aliphatic carbocycles. The van der Waals surface area contributed by atoms with Gasteiger partial charge in [-0.05, 0) is 61.1 Å². The molecule has 0 aromatic heterocycles. The van der Waals surface area contributed by atoms with Crippen LogP contribution in [0.15, 0.2) is 48.5 Å². The topological polar surface area (TPSA) is 73.4 Å². The molecule has 150 valence electrons. The van der Waals surface area contributed by atoms with Crippen molar-refractivity contribution >= 4 is 11.7 Å². The van der Waals surface area contributed by atoms with Crippen molar-refractivity contribution in [2.75, 3.05) is 18.0 Å². The maximum atomic E-state index is 12.3. The van der Waals surface area contributed by atoms with Gasteiger partial charge in [0.25, 0.3) is 0 Å². The molecule has 1 saturated carbocycles. The van der Waals surface area contributed by atoms with E-state index in [1.54, 1.807) is 11.0 Å². The minimum Gasteiger partial charge on any atom is -0.351 e. The summed E-state index contributed by atoms with van der Waals surface area (Å²) in [7, 11) is 0. The summed E-state index contributed by atoms with van der Waals surface area (Å²) in [5, 5.41) is 9.11. The Morgan fingerprint density at radius 2 is 1.69 bits per heavy atom. The van der Waals surface area contributed by atoms with Crippen LogP contribution in [0.3, 0.4) is 0 Å². The Bertz CT molecular complexity index is 888. The number of amides is 2. The van der Waals surface area contributed by atoms with Crippen LogP contribution in [0.2, 0.25) is 0 Å². The van der Waals surface area contributed by atoms with Crippen LogP contribution in [0.5, 0.6) is 0 Å². The highest BCUT2D eigenvalue weighted by atomic mass is 16.2. The number of nitrogens with zero attached hydrogens (tertiary/aromatic N) is 3. The molecule has 2 aromatic rings. The van der Waals surface area contributed by atoms with Crippen LogP contribution in [0.4, 0.5) is 10.5 Å². The third kappa shape index (κ3) is 4.28. The molecule has 1 heterocycles. The summed E-state index contributed by atoms with van der Waals surface area (Å²) >= 11 is 0. The molecule has 0 spiro atoms. The number of carbonyl (C=O) groups is 1. The molecule has 0 atom stereocenters. The van der Waals surface area contributed by atoms with Crippen LogP contribution >= 0.6 is 0 Å². The molecule has 0 radical (unpaired) electrons. The Balaban J connectivity index is 1.47. The maximum absolute atomic E-state index is 12.3. The average Bonchev–Trinajstić information content (AvgIpc) is 3.30. The lowest BCUT2D eigenvalue weighted by Gasteiger charge is -2.40. The fraction of sp³-hybridized carbons (Fsp3) is 0.417. The Labute approximate surface area is 172 Å². The molecule has 2 aliphatic rings. The van der Waals surface area contributed by atoms with Crippen LogP contribution in [0.1, 0.15) is 44.1 Å². The maximum Gasteiger partial charge on any atom is 0.319 e. The molecular weight excluding hydrogens is 360 g/mol. The molecule has 2 N–H and O–H groups in total. The van der Waals surface area contributed by atoms with E-state index in [4.69, 9.17) is 11.0 Å². The first-order valence-electron chi connectivity index (χ1n) is 10.6. The molecule has 0 unspecified atom stereocenters. The van der Waals surface area contributed by atoms with E-state index in [-0.39, 0.29) is 12.1 Å². The summed E-state index contributed by atoms with van der Waals surface area (Å²) in [6.45, 7) is 2.08. The van der Waals surface area contributed by atoms with Crippen molar-refractivity contribution in [2.24, 2.45) is 5.73 Å². The van der Waals surface area contributed by atoms with E-state index in [0.717, 1.165) is 48.8 Å². The van der Waals surface area contributed by atoms with E-state index in [9.17, 15) is 4.79 Å². The predicted molar refractivity (Wildman–Crippen MR) is 116 cm³/mol. The highest BCUT2D eigenvalue weighted by Crippen LogP contribution is 2.30. The summed E-state index contributed by atoms with van der Waals surface area (Å²) in [6, 6.07) is 18.1.